The predicted octanol–water partition coefficient (Wildman–Crippen LogP) is 3.92. The summed E-state index contributed by atoms with van der Waals surface area (Å²) < 4.78 is 20.5. The maximum absolute atomic E-state index is 14.9. The standard InChI is InChI=1S/C23H24FN3O4/c1-6-13(14-8-7-11(3)31-14)25-18-19(21(29)20(18)28)26-17-12(24)9-10(2)16-15(17)22(30)27-23(16,4)5/h7-9,13,25-26H,6H2,1-5H3,(H,27,30)/t13-/m1/s1. The third-order valence-corrected chi connectivity index (χ3v) is 5.75. The lowest BCUT2D eigenvalue weighted by Gasteiger charge is -2.23. The van der Waals surface area contributed by atoms with Crippen LogP contribution in [-0.4, -0.2) is 5.91 Å². The number of hydrogen-bond acceptors (Lipinski definition) is 6. The van der Waals surface area contributed by atoms with Gasteiger partial charge < -0.3 is 20.4 Å². The molecule has 0 radical (unpaired) electrons. The molecule has 1 aliphatic rings. The number of nitrogens with one attached hydrogen (secondary N) is 3. The Hall–Kier alpha value is -3.42. The lowest BCUT2D eigenvalue weighted by molar-refractivity contribution is 0.0940. The predicted molar refractivity (Wildman–Crippen MR) is 116 cm³/mol. The third kappa shape index (κ3) is 3.22. The smallest absolute Gasteiger partial charge is 0.254 e. The van der Waals surface area contributed by atoms with Gasteiger partial charge in [-0.1, -0.05) is 6.92 Å². The second-order valence-electron chi connectivity index (χ2n) is 8.47. The first-order valence-electron chi connectivity index (χ1n) is 10.1. The maximum Gasteiger partial charge on any atom is 0.254 e. The Morgan fingerprint density at radius 1 is 1.10 bits per heavy atom. The van der Waals surface area contributed by atoms with Crippen molar-refractivity contribution in [2.24, 2.45) is 0 Å². The largest absolute Gasteiger partial charge is 0.464 e. The van der Waals surface area contributed by atoms with Crippen molar-refractivity contribution in [1.82, 2.24) is 5.32 Å². The van der Waals surface area contributed by atoms with Crippen LogP contribution in [0.15, 0.2) is 32.2 Å². The van der Waals surface area contributed by atoms with Crippen LogP contribution in [0.1, 0.15) is 66.2 Å². The Labute approximate surface area is 178 Å². The van der Waals surface area contributed by atoms with E-state index in [0.717, 1.165) is 5.76 Å². The van der Waals surface area contributed by atoms with E-state index in [1.54, 1.807) is 13.0 Å². The van der Waals surface area contributed by atoms with Gasteiger partial charge in [-0.15, -0.1) is 0 Å². The fourth-order valence-corrected chi connectivity index (χ4v) is 4.30. The SMILES string of the molecule is CC[C@@H](Nc1c(Nc2c(F)cc(C)c3c2C(=O)NC3(C)C)c(=O)c1=O)c1ccc(C)o1. The molecule has 2 heterocycles. The number of furan rings is 1. The molecule has 0 fully saturated rings. The number of carbonyl (C=O) groups excluding carboxylic acids is 1. The van der Waals surface area contributed by atoms with Crippen LogP contribution in [0, 0.1) is 19.7 Å². The first-order chi connectivity index (χ1) is 14.5. The summed E-state index contributed by atoms with van der Waals surface area (Å²) in [6, 6.07) is 4.59. The minimum absolute atomic E-state index is 0.0530. The second-order valence-corrected chi connectivity index (χ2v) is 8.47. The molecule has 0 unspecified atom stereocenters. The van der Waals surface area contributed by atoms with E-state index < -0.39 is 28.1 Å². The van der Waals surface area contributed by atoms with Crippen molar-refractivity contribution in [3.63, 3.8) is 0 Å². The van der Waals surface area contributed by atoms with Gasteiger partial charge in [-0.05, 0) is 63.4 Å². The highest BCUT2D eigenvalue weighted by Crippen LogP contribution is 2.40. The molecule has 1 aliphatic heterocycles. The number of hydrogen-bond donors (Lipinski definition) is 3. The Morgan fingerprint density at radius 3 is 2.39 bits per heavy atom. The summed E-state index contributed by atoms with van der Waals surface area (Å²) in [6.07, 6.45) is 0.593. The highest BCUT2D eigenvalue weighted by atomic mass is 19.1. The summed E-state index contributed by atoms with van der Waals surface area (Å²) in [4.78, 5) is 37.2. The van der Waals surface area contributed by atoms with Crippen LogP contribution in [0.25, 0.3) is 0 Å². The first kappa shape index (κ1) is 20.8. The molecule has 0 spiro atoms. The molecule has 3 N–H and O–H groups in total. The number of aryl methyl sites for hydroxylation is 2. The van der Waals surface area contributed by atoms with Crippen LogP contribution >= 0.6 is 0 Å². The van der Waals surface area contributed by atoms with Crippen LogP contribution in [-0.2, 0) is 5.54 Å². The molecule has 3 aromatic rings. The Bertz CT molecular complexity index is 1280. The van der Waals surface area contributed by atoms with Gasteiger partial charge in [0, 0.05) is 0 Å². The fourth-order valence-electron chi connectivity index (χ4n) is 4.30. The zero-order chi connectivity index (χ0) is 22.7. The number of benzene rings is 1. The van der Waals surface area contributed by atoms with Crippen molar-refractivity contribution in [1.29, 1.82) is 0 Å². The van der Waals surface area contributed by atoms with Crippen LogP contribution in [0.5, 0.6) is 0 Å². The normalized spacial score (nSPS) is 15.6. The third-order valence-electron chi connectivity index (χ3n) is 5.75. The summed E-state index contributed by atoms with van der Waals surface area (Å²) >= 11 is 0. The summed E-state index contributed by atoms with van der Waals surface area (Å²) in [5.41, 5.74) is -0.823. The van der Waals surface area contributed by atoms with E-state index in [2.05, 4.69) is 16.0 Å². The zero-order valence-corrected chi connectivity index (χ0v) is 18.0. The molecular formula is C23H24FN3O4. The van der Waals surface area contributed by atoms with Gasteiger partial charge in [-0.2, -0.15) is 0 Å². The van der Waals surface area contributed by atoms with E-state index >= 15 is 0 Å². The van der Waals surface area contributed by atoms with Crippen molar-refractivity contribution in [3.8, 4) is 0 Å². The van der Waals surface area contributed by atoms with E-state index in [9.17, 15) is 18.8 Å². The van der Waals surface area contributed by atoms with Gasteiger partial charge in [0.1, 0.15) is 28.7 Å². The molecule has 0 aliphatic carbocycles. The van der Waals surface area contributed by atoms with Gasteiger partial charge in [0.25, 0.3) is 16.8 Å². The second kappa shape index (κ2) is 7.08. The molecule has 1 aromatic heterocycles. The summed E-state index contributed by atoms with van der Waals surface area (Å²) in [5, 5.41) is 8.61. The van der Waals surface area contributed by atoms with Crippen molar-refractivity contribution in [2.45, 2.75) is 52.6 Å². The summed E-state index contributed by atoms with van der Waals surface area (Å²) in [6.45, 7) is 9.11. The number of rotatable bonds is 6. The van der Waals surface area contributed by atoms with Crippen molar-refractivity contribution in [3.05, 3.63) is 72.7 Å². The number of carbonyl (C=O) groups is 1. The highest BCUT2D eigenvalue weighted by molar-refractivity contribution is 6.06. The minimum atomic E-state index is -0.764. The monoisotopic (exact) mass is 425 g/mol. The maximum atomic E-state index is 14.9. The summed E-state index contributed by atoms with van der Waals surface area (Å²) in [5.74, 6) is 0.250. The highest BCUT2D eigenvalue weighted by Gasteiger charge is 2.40. The first-order valence-corrected chi connectivity index (χ1v) is 10.1. The molecule has 31 heavy (non-hydrogen) atoms. The number of anilines is 3. The van der Waals surface area contributed by atoms with E-state index in [0.29, 0.717) is 23.3 Å². The van der Waals surface area contributed by atoms with Crippen LogP contribution in [0.2, 0.25) is 0 Å². The average molecular weight is 425 g/mol. The van der Waals surface area contributed by atoms with E-state index in [4.69, 9.17) is 4.42 Å². The molecule has 0 saturated carbocycles. The topological polar surface area (TPSA) is 100 Å². The molecule has 4 rings (SSSR count). The number of amides is 1. The lowest BCUT2D eigenvalue weighted by atomic mass is 9.89. The fraction of sp³-hybridized carbons (Fsp3) is 0.348. The Morgan fingerprint density at radius 2 is 1.77 bits per heavy atom. The van der Waals surface area contributed by atoms with Gasteiger partial charge in [0.15, 0.2) is 0 Å². The quantitative estimate of drug-likeness (QED) is 0.518. The van der Waals surface area contributed by atoms with E-state index in [1.165, 1.54) is 6.07 Å². The Balaban J connectivity index is 1.74. The van der Waals surface area contributed by atoms with Crippen LogP contribution in [0.3, 0.4) is 0 Å². The van der Waals surface area contributed by atoms with Crippen molar-refractivity contribution < 1.29 is 13.6 Å². The molecule has 8 heteroatoms. The van der Waals surface area contributed by atoms with Crippen LogP contribution in [0.4, 0.5) is 21.5 Å². The molecule has 162 valence electrons. The van der Waals surface area contributed by atoms with E-state index in [1.807, 2.05) is 33.8 Å². The lowest BCUT2D eigenvalue weighted by Crippen LogP contribution is -2.37. The van der Waals surface area contributed by atoms with Gasteiger partial charge >= 0.3 is 0 Å². The average Bonchev–Trinajstić information content (AvgIpc) is 3.23. The van der Waals surface area contributed by atoms with Gasteiger partial charge in [0.05, 0.1) is 22.8 Å². The molecule has 7 nitrogen and oxygen atoms in total. The molecule has 2 aromatic carbocycles. The zero-order valence-electron chi connectivity index (χ0n) is 18.0. The van der Waals surface area contributed by atoms with Crippen molar-refractivity contribution in [2.75, 3.05) is 10.6 Å². The molecule has 0 bridgehead atoms. The van der Waals surface area contributed by atoms with Crippen molar-refractivity contribution >= 4 is 23.0 Å². The molecule has 1 amide bonds. The molecular weight excluding hydrogens is 401 g/mol. The molecule has 0 saturated heterocycles. The summed E-state index contributed by atoms with van der Waals surface area (Å²) in [7, 11) is 0. The van der Waals surface area contributed by atoms with E-state index in [-0.39, 0.29) is 28.7 Å². The number of halogens is 1. The van der Waals surface area contributed by atoms with Gasteiger partial charge in [-0.25, -0.2) is 4.39 Å². The minimum Gasteiger partial charge on any atom is -0.464 e. The Kier molecular flexibility index (Phi) is 4.76. The molecule has 1 atom stereocenters. The van der Waals surface area contributed by atoms with Gasteiger partial charge in [0.2, 0.25) is 0 Å². The van der Waals surface area contributed by atoms with Gasteiger partial charge in [-0.3, -0.25) is 14.4 Å². The number of fused-ring (bicyclic) bond motifs is 1. The van der Waals surface area contributed by atoms with Crippen LogP contribution < -0.4 is 26.8 Å².